The van der Waals surface area contributed by atoms with Crippen LogP contribution < -0.4 is 10.2 Å². The van der Waals surface area contributed by atoms with Crippen LogP contribution in [0, 0.1) is 0 Å². The quantitative estimate of drug-likeness (QED) is 0.703. The van der Waals surface area contributed by atoms with Crippen LogP contribution in [0.4, 0.5) is 5.69 Å². The van der Waals surface area contributed by atoms with Gasteiger partial charge in [-0.3, -0.25) is 24.1 Å². The zero-order chi connectivity index (χ0) is 23.6. The summed E-state index contributed by atoms with van der Waals surface area (Å²) in [6, 6.07) is 16.6. The molecule has 2 heterocycles. The first-order chi connectivity index (χ1) is 15.8. The Morgan fingerprint density at radius 2 is 1.76 bits per heavy atom. The molecule has 1 atom stereocenters. The Morgan fingerprint density at radius 1 is 1.06 bits per heavy atom. The SMILES string of the molecule is CCN(Cc1ccccc1)C(=O)CNC(=O)CN1C(=O)c2ccccc2N2C(=O)CCC12C. The molecular weight excluding hydrogens is 420 g/mol. The number of amides is 4. The molecule has 1 N–H and O–H groups in total. The van der Waals surface area contributed by atoms with Gasteiger partial charge in [0.15, 0.2) is 0 Å². The predicted octanol–water partition coefficient (Wildman–Crippen LogP) is 2.15. The number of carbonyl (C=O) groups excluding carboxylic acids is 4. The molecule has 33 heavy (non-hydrogen) atoms. The highest BCUT2D eigenvalue weighted by Gasteiger charge is 2.53. The molecule has 1 fully saturated rings. The molecule has 2 aromatic carbocycles. The highest BCUT2D eigenvalue weighted by atomic mass is 16.2. The Kier molecular flexibility index (Phi) is 6.18. The van der Waals surface area contributed by atoms with E-state index in [4.69, 9.17) is 0 Å². The summed E-state index contributed by atoms with van der Waals surface area (Å²) in [6.07, 6.45) is 0.748. The number of carbonyl (C=O) groups is 4. The van der Waals surface area contributed by atoms with Gasteiger partial charge in [-0.15, -0.1) is 0 Å². The molecule has 172 valence electrons. The van der Waals surface area contributed by atoms with E-state index in [2.05, 4.69) is 5.32 Å². The number of nitrogens with one attached hydrogen (secondary N) is 1. The van der Waals surface area contributed by atoms with E-state index in [1.807, 2.05) is 44.2 Å². The van der Waals surface area contributed by atoms with Crippen molar-refractivity contribution in [1.29, 1.82) is 0 Å². The summed E-state index contributed by atoms with van der Waals surface area (Å²) >= 11 is 0. The number of para-hydroxylation sites is 1. The number of benzene rings is 2. The minimum Gasteiger partial charge on any atom is -0.345 e. The summed E-state index contributed by atoms with van der Waals surface area (Å²) in [7, 11) is 0. The maximum absolute atomic E-state index is 13.2. The minimum atomic E-state index is -0.910. The van der Waals surface area contributed by atoms with E-state index in [9.17, 15) is 19.2 Å². The second-order valence-corrected chi connectivity index (χ2v) is 8.52. The maximum Gasteiger partial charge on any atom is 0.258 e. The fourth-order valence-electron chi connectivity index (χ4n) is 4.61. The lowest BCUT2D eigenvalue weighted by Gasteiger charge is -2.48. The van der Waals surface area contributed by atoms with Gasteiger partial charge in [0.1, 0.15) is 12.2 Å². The van der Waals surface area contributed by atoms with Crippen molar-refractivity contribution in [2.75, 3.05) is 24.5 Å². The molecule has 4 rings (SSSR count). The van der Waals surface area contributed by atoms with E-state index >= 15 is 0 Å². The van der Waals surface area contributed by atoms with Crippen LogP contribution >= 0.6 is 0 Å². The zero-order valence-corrected chi connectivity index (χ0v) is 18.9. The Labute approximate surface area is 193 Å². The molecule has 0 spiro atoms. The third-order valence-corrected chi connectivity index (χ3v) is 6.43. The first kappa shape index (κ1) is 22.5. The molecule has 2 aromatic rings. The predicted molar refractivity (Wildman–Crippen MR) is 123 cm³/mol. The van der Waals surface area contributed by atoms with Crippen molar-refractivity contribution in [2.45, 2.75) is 38.9 Å². The second-order valence-electron chi connectivity index (χ2n) is 8.52. The van der Waals surface area contributed by atoms with Crippen molar-refractivity contribution in [3.63, 3.8) is 0 Å². The molecule has 2 aliphatic heterocycles. The van der Waals surface area contributed by atoms with Crippen molar-refractivity contribution in [3.05, 3.63) is 65.7 Å². The van der Waals surface area contributed by atoms with Crippen LogP contribution in [0.5, 0.6) is 0 Å². The molecular formula is C25H28N4O4. The van der Waals surface area contributed by atoms with Gasteiger partial charge in [0.25, 0.3) is 5.91 Å². The van der Waals surface area contributed by atoms with Crippen LogP contribution in [0.1, 0.15) is 42.6 Å². The standard InChI is InChI=1S/C25H28N4O4/c1-3-27(16-18-9-5-4-6-10-18)23(32)15-26-21(30)17-28-24(33)19-11-7-8-12-20(19)29-22(31)13-14-25(28,29)2/h4-12H,3,13-17H2,1-2H3,(H,26,30). The number of hydrogen-bond donors (Lipinski definition) is 1. The van der Waals surface area contributed by atoms with E-state index in [-0.39, 0.29) is 30.8 Å². The summed E-state index contributed by atoms with van der Waals surface area (Å²) in [5, 5.41) is 2.66. The molecule has 4 amide bonds. The molecule has 2 aliphatic rings. The fourth-order valence-corrected chi connectivity index (χ4v) is 4.61. The van der Waals surface area contributed by atoms with Gasteiger partial charge in [-0.1, -0.05) is 42.5 Å². The zero-order valence-electron chi connectivity index (χ0n) is 18.9. The second kappa shape index (κ2) is 9.05. The van der Waals surface area contributed by atoms with Gasteiger partial charge in [0.2, 0.25) is 17.7 Å². The monoisotopic (exact) mass is 448 g/mol. The number of fused-ring (bicyclic) bond motifs is 3. The van der Waals surface area contributed by atoms with Gasteiger partial charge in [0.05, 0.1) is 17.8 Å². The maximum atomic E-state index is 13.2. The fraction of sp³-hybridized carbons (Fsp3) is 0.360. The molecule has 0 radical (unpaired) electrons. The summed E-state index contributed by atoms with van der Waals surface area (Å²) in [6.45, 7) is 4.29. The van der Waals surface area contributed by atoms with Crippen molar-refractivity contribution in [2.24, 2.45) is 0 Å². The van der Waals surface area contributed by atoms with Gasteiger partial charge in [-0.25, -0.2) is 0 Å². The number of nitrogens with zero attached hydrogens (tertiary/aromatic N) is 3. The topological polar surface area (TPSA) is 90.0 Å². The summed E-state index contributed by atoms with van der Waals surface area (Å²) in [5.41, 5.74) is 1.08. The van der Waals surface area contributed by atoms with Crippen molar-refractivity contribution < 1.29 is 19.2 Å². The summed E-state index contributed by atoms with van der Waals surface area (Å²) in [4.78, 5) is 56.0. The molecule has 1 saturated heterocycles. The lowest BCUT2D eigenvalue weighted by molar-refractivity contribution is -0.133. The Hall–Kier alpha value is -3.68. The van der Waals surface area contributed by atoms with Crippen LogP contribution in [0.15, 0.2) is 54.6 Å². The Bertz CT molecular complexity index is 1090. The first-order valence-electron chi connectivity index (χ1n) is 11.2. The van der Waals surface area contributed by atoms with Crippen LogP contribution in [-0.4, -0.2) is 58.7 Å². The van der Waals surface area contributed by atoms with Crippen LogP contribution in [-0.2, 0) is 20.9 Å². The average Bonchev–Trinajstić information content (AvgIpc) is 3.14. The smallest absolute Gasteiger partial charge is 0.258 e. The van der Waals surface area contributed by atoms with Gasteiger partial charge in [0, 0.05) is 19.5 Å². The Morgan fingerprint density at radius 3 is 2.48 bits per heavy atom. The number of anilines is 1. The number of rotatable bonds is 7. The van der Waals surface area contributed by atoms with Crippen molar-refractivity contribution in [3.8, 4) is 0 Å². The van der Waals surface area contributed by atoms with E-state index in [0.29, 0.717) is 37.2 Å². The summed E-state index contributed by atoms with van der Waals surface area (Å²) in [5.74, 6) is -1.00. The average molecular weight is 449 g/mol. The number of hydrogen-bond acceptors (Lipinski definition) is 4. The third-order valence-electron chi connectivity index (χ3n) is 6.43. The molecule has 0 bridgehead atoms. The lowest BCUT2D eigenvalue weighted by atomic mass is 9.98. The molecule has 8 heteroatoms. The van der Waals surface area contributed by atoms with E-state index in [0.717, 1.165) is 5.56 Å². The van der Waals surface area contributed by atoms with Crippen LogP contribution in [0.2, 0.25) is 0 Å². The van der Waals surface area contributed by atoms with Crippen LogP contribution in [0.3, 0.4) is 0 Å². The largest absolute Gasteiger partial charge is 0.345 e. The van der Waals surface area contributed by atoms with Gasteiger partial charge in [-0.2, -0.15) is 0 Å². The van der Waals surface area contributed by atoms with Gasteiger partial charge < -0.3 is 15.1 Å². The molecule has 0 aliphatic carbocycles. The van der Waals surface area contributed by atoms with Crippen molar-refractivity contribution >= 4 is 29.3 Å². The molecule has 1 unspecified atom stereocenters. The normalized spacial score (nSPS) is 19.2. The summed E-state index contributed by atoms with van der Waals surface area (Å²) < 4.78 is 0. The molecule has 8 nitrogen and oxygen atoms in total. The van der Waals surface area contributed by atoms with E-state index < -0.39 is 11.6 Å². The van der Waals surface area contributed by atoms with E-state index in [1.54, 1.807) is 34.1 Å². The lowest BCUT2D eigenvalue weighted by Crippen LogP contribution is -2.64. The first-order valence-corrected chi connectivity index (χ1v) is 11.2. The minimum absolute atomic E-state index is 0.0717. The molecule has 0 aromatic heterocycles. The number of likely N-dealkylation sites (N-methyl/N-ethyl adjacent to an activating group) is 1. The van der Waals surface area contributed by atoms with Crippen LogP contribution in [0.25, 0.3) is 0 Å². The third kappa shape index (κ3) is 4.20. The molecule has 0 saturated carbocycles. The Balaban J connectivity index is 1.43. The van der Waals surface area contributed by atoms with Crippen molar-refractivity contribution in [1.82, 2.24) is 15.1 Å². The van der Waals surface area contributed by atoms with E-state index in [1.165, 1.54) is 4.90 Å². The van der Waals surface area contributed by atoms with Gasteiger partial charge >= 0.3 is 0 Å². The highest BCUT2D eigenvalue weighted by molar-refractivity contribution is 6.11. The highest BCUT2D eigenvalue weighted by Crippen LogP contribution is 2.43. The van der Waals surface area contributed by atoms with Gasteiger partial charge in [-0.05, 0) is 38.0 Å².